The number of anilines is 1. The number of fused-ring (bicyclic) bond motifs is 1. The first kappa shape index (κ1) is 16.0. The second-order valence-electron chi connectivity index (χ2n) is 6.50. The fourth-order valence-electron chi connectivity index (χ4n) is 3.40. The van der Waals surface area contributed by atoms with E-state index in [1.807, 2.05) is 12.1 Å². The zero-order valence-corrected chi connectivity index (χ0v) is 14.4. The lowest BCUT2D eigenvalue weighted by Crippen LogP contribution is -2.30. The van der Waals surface area contributed by atoms with Gasteiger partial charge in [0.1, 0.15) is 5.82 Å². The van der Waals surface area contributed by atoms with Crippen molar-refractivity contribution >= 4 is 5.82 Å². The van der Waals surface area contributed by atoms with E-state index in [2.05, 4.69) is 39.6 Å². The summed E-state index contributed by atoms with van der Waals surface area (Å²) in [5, 5.41) is 3.48. The van der Waals surface area contributed by atoms with Gasteiger partial charge in [-0.3, -0.25) is 0 Å². The molecule has 0 bridgehead atoms. The van der Waals surface area contributed by atoms with E-state index in [1.54, 1.807) is 0 Å². The van der Waals surface area contributed by atoms with E-state index < -0.39 is 0 Å². The Morgan fingerprint density at radius 3 is 3.00 bits per heavy atom. The Hall–Kier alpha value is -2.45. The zero-order valence-electron chi connectivity index (χ0n) is 14.4. The molecule has 2 aliphatic rings. The summed E-state index contributed by atoms with van der Waals surface area (Å²) in [6.07, 6.45) is 7.66. The van der Waals surface area contributed by atoms with Gasteiger partial charge in [0.2, 0.25) is 6.79 Å². The lowest BCUT2D eigenvalue weighted by molar-refractivity contribution is 0.173. The summed E-state index contributed by atoms with van der Waals surface area (Å²) in [6.45, 7) is 4.15. The molecule has 3 heterocycles. The highest BCUT2D eigenvalue weighted by Gasteiger charge is 2.16. The van der Waals surface area contributed by atoms with Gasteiger partial charge >= 0.3 is 0 Å². The molecular formula is C20H23N3O2. The van der Waals surface area contributed by atoms with Crippen molar-refractivity contribution in [3.8, 4) is 11.5 Å². The Morgan fingerprint density at radius 1 is 1.16 bits per heavy atom. The van der Waals surface area contributed by atoms with Gasteiger partial charge in [-0.1, -0.05) is 12.1 Å². The van der Waals surface area contributed by atoms with Crippen molar-refractivity contribution in [1.82, 2.24) is 10.3 Å². The first-order valence-corrected chi connectivity index (χ1v) is 9.02. The third-order valence-electron chi connectivity index (χ3n) is 4.74. The van der Waals surface area contributed by atoms with E-state index in [1.165, 1.54) is 24.8 Å². The smallest absolute Gasteiger partial charge is 0.231 e. The van der Waals surface area contributed by atoms with E-state index >= 15 is 0 Å². The molecular weight excluding hydrogens is 314 g/mol. The van der Waals surface area contributed by atoms with Crippen molar-refractivity contribution < 1.29 is 9.47 Å². The first-order chi connectivity index (χ1) is 12.4. The van der Waals surface area contributed by atoms with Gasteiger partial charge in [0.15, 0.2) is 11.5 Å². The van der Waals surface area contributed by atoms with Crippen molar-refractivity contribution in [2.75, 3.05) is 31.3 Å². The van der Waals surface area contributed by atoms with E-state index in [9.17, 15) is 0 Å². The van der Waals surface area contributed by atoms with Crippen LogP contribution in [0.3, 0.4) is 0 Å². The molecule has 0 radical (unpaired) electrons. The average Bonchev–Trinajstić information content (AvgIpc) is 3.16. The average molecular weight is 337 g/mol. The zero-order chi connectivity index (χ0) is 16.9. The standard InChI is InChI=1S/C20H23N3O2/c1-2-11-23(12-3-1)19-13-16(7-10-22-19)14-21-9-8-17-5-4-6-18-20(17)25-15-24-18/h4-6,13,21H,1-3,8-9,11-12,14-15H2. The normalized spacial score (nSPS) is 15.9. The lowest BCUT2D eigenvalue weighted by atomic mass is 10.1. The van der Waals surface area contributed by atoms with Crippen molar-refractivity contribution in [1.29, 1.82) is 0 Å². The molecule has 5 heteroatoms. The number of hydrogen-bond acceptors (Lipinski definition) is 5. The van der Waals surface area contributed by atoms with Gasteiger partial charge in [-0.15, -0.1) is 0 Å². The van der Waals surface area contributed by atoms with Crippen LogP contribution in [0.4, 0.5) is 5.82 Å². The van der Waals surface area contributed by atoms with Gasteiger partial charge in [0.05, 0.1) is 0 Å². The molecule has 0 aliphatic carbocycles. The highest BCUT2D eigenvalue weighted by molar-refractivity contribution is 5.48. The van der Waals surface area contributed by atoms with E-state index in [-0.39, 0.29) is 0 Å². The largest absolute Gasteiger partial charge is 0.454 e. The van der Waals surface area contributed by atoms with Crippen LogP contribution < -0.4 is 19.7 Å². The Bertz CT molecular complexity index is 714. The van der Waals surface area contributed by atoms with Crippen LogP contribution in [0.25, 0.3) is 0 Å². The molecule has 1 fully saturated rings. The van der Waals surface area contributed by atoms with Gasteiger partial charge in [-0.2, -0.15) is 4.98 Å². The summed E-state index contributed by atoms with van der Waals surface area (Å²) in [7, 11) is 0. The highest BCUT2D eigenvalue weighted by Crippen LogP contribution is 2.35. The van der Waals surface area contributed by atoms with Crippen LogP contribution in [0, 0.1) is 12.3 Å². The summed E-state index contributed by atoms with van der Waals surface area (Å²) >= 11 is 0. The molecule has 0 amide bonds. The number of aromatic nitrogens is 1. The molecule has 1 N–H and O–H groups in total. The van der Waals surface area contributed by atoms with E-state index in [0.29, 0.717) is 6.79 Å². The molecule has 0 saturated carbocycles. The molecule has 130 valence electrons. The van der Waals surface area contributed by atoms with Crippen molar-refractivity contribution in [3.63, 3.8) is 0 Å². The van der Waals surface area contributed by atoms with Crippen LogP contribution in [-0.4, -0.2) is 31.4 Å². The second-order valence-corrected chi connectivity index (χ2v) is 6.50. The van der Waals surface area contributed by atoms with Gasteiger partial charge in [0.25, 0.3) is 0 Å². The van der Waals surface area contributed by atoms with Gasteiger partial charge in [0, 0.05) is 31.4 Å². The Balaban J connectivity index is 1.30. The lowest BCUT2D eigenvalue weighted by Gasteiger charge is -2.27. The van der Waals surface area contributed by atoms with Crippen LogP contribution in [0.15, 0.2) is 24.3 Å². The summed E-state index contributed by atoms with van der Waals surface area (Å²) in [5.74, 6) is 2.77. The van der Waals surface area contributed by atoms with Crippen LogP contribution in [0.1, 0.15) is 30.4 Å². The maximum Gasteiger partial charge on any atom is 0.231 e. The number of hydrogen-bond donors (Lipinski definition) is 1. The molecule has 0 atom stereocenters. The second kappa shape index (κ2) is 7.62. The number of ether oxygens (including phenoxy) is 2. The fourth-order valence-corrected chi connectivity index (χ4v) is 3.40. The molecule has 2 aromatic rings. The number of nitrogens with zero attached hydrogens (tertiary/aromatic N) is 2. The van der Waals surface area contributed by atoms with Gasteiger partial charge < -0.3 is 19.7 Å². The molecule has 5 nitrogen and oxygen atoms in total. The summed E-state index contributed by atoms with van der Waals surface area (Å²) in [4.78, 5) is 6.71. The minimum Gasteiger partial charge on any atom is -0.454 e. The highest BCUT2D eigenvalue weighted by atomic mass is 16.7. The van der Waals surface area contributed by atoms with Crippen LogP contribution >= 0.6 is 0 Å². The molecule has 1 aromatic heterocycles. The summed E-state index contributed by atoms with van der Waals surface area (Å²) in [5.41, 5.74) is 2.29. The number of nitrogens with one attached hydrogen (secondary N) is 1. The number of para-hydroxylation sites is 1. The molecule has 1 saturated heterocycles. The van der Waals surface area contributed by atoms with Crippen molar-refractivity contribution in [3.05, 3.63) is 47.7 Å². The fraction of sp³-hybridized carbons (Fsp3) is 0.450. The molecule has 25 heavy (non-hydrogen) atoms. The van der Waals surface area contributed by atoms with Crippen molar-refractivity contribution in [2.24, 2.45) is 0 Å². The minimum atomic E-state index is 0.320. The van der Waals surface area contributed by atoms with Gasteiger partial charge in [-0.05, 0) is 56.0 Å². The number of benzene rings is 1. The summed E-state index contributed by atoms with van der Waals surface area (Å²) < 4.78 is 11.0. The Labute approximate surface area is 149 Å². The van der Waals surface area contributed by atoms with Crippen LogP contribution in [-0.2, 0) is 13.0 Å². The molecule has 2 aliphatic heterocycles. The molecule has 0 spiro atoms. The third-order valence-corrected chi connectivity index (χ3v) is 4.74. The van der Waals surface area contributed by atoms with Crippen LogP contribution in [0.5, 0.6) is 11.5 Å². The number of piperidine rings is 1. The summed E-state index contributed by atoms with van der Waals surface area (Å²) in [6, 6.07) is 11.3. The Morgan fingerprint density at radius 2 is 2.08 bits per heavy atom. The first-order valence-electron chi connectivity index (χ1n) is 9.02. The quantitative estimate of drug-likeness (QED) is 0.821. The monoisotopic (exact) mass is 337 g/mol. The van der Waals surface area contributed by atoms with E-state index in [4.69, 9.17) is 9.47 Å². The molecule has 0 unspecified atom stereocenters. The maximum absolute atomic E-state index is 5.55. The predicted octanol–water partition coefficient (Wildman–Crippen LogP) is 2.73. The topological polar surface area (TPSA) is 46.6 Å². The maximum atomic E-state index is 5.55. The van der Waals surface area contributed by atoms with Gasteiger partial charge in [-0.25, -0.2) is 0 Å². The minimum absolute atomic E-state index is 0.320. The molecule has 1 aromatic carbocycles. The Kier molecular flexibility index (Phi) is 4.89. The SMILES string of the molecule is c1nc(N2CCCCC2)cc(CNCCc2cccc3c2OCO3)c#1. The van der Waals surface area contributed by atoms with E-state index in [0.717, 1.165) is 55.5 Å². The van der Waals surface area contributed by atoms with Crippen LogP contribution in [0.2, 0.25) is 0 Å². The third kappa shape index (κ3) is 3.80. The van der Waals surface area contributed by atoms with Crippen molar-refractivity contribution in [2.45, 2.75) is 32.2 Å². The predicted molar refractivity (Wildman–Crippen MR) is 95.9 cm³/mol. The molecule has 4 rings (SSSR count). The number of rotatable bonds is 6.